The summed E-state index contributed by atoms with van der Waals surface area (Å²) in [4.78, 5) is 0. The Hall–Kier alpha value is -1.04. The van der Waals surface area contributed by atoms with Crippen molar-refractivity contribution in [2.24, 2.45) is 5.92 Å². The van der Waals surface area contributed by atoms with Crippen LogP contribution in [0.15, 0.2) is 12.4 Å². The van der Waals surface area contributed by atoms with Crippen LogP contribution in [0.4, 0.5) is 0 Å². The van der Waals surface area contributed by atoms with Gasteiger partial charge in [0.2, 0.25) is 0 Å². The van der Waals surface area contributed by atoms with Crippen LogP contribution in [0.5, 0.6) is 5.75 Å². The molecule has 1 saturated heterocycles. The van der Waals surface area contributed by atoms with Crippen LogP contribution in [0.25, 0.3) is 0 Å². The highest BCUT2D eigenvalue weighted by Crippen LogP contribution is 2.30. The van der Waals surface area contributed by atoms with Crippen molar-refractivity contribution in [3.63, 3.8) is 0 Å². The van der Waals surface area contributed by atoms with E-state index < -0.39 is 9.84 Å². The Balaban J connectivity index is 1.49. The molecular weight excluding hydrogens is 276 g/mol. The third-order valence-corrected chi connectivity index (χ3v) is 6.15. The average Bonchev–Trinajstić information content (AvgIpc) is 3.08. The molecule has 0 radical (unpaired) electrons. The summed E-state index contributed by atoms with van der Waals surface area (Å²) in [6, 6.07) is 0.534. The maximum absolute atomic E-state index is 11.4. The van der Waals surface area contributed by atoms with Gasteiger partial charge < -0.3 is 4.74 Å². The number of hydrogen-bond donors (Lipinski definition) is 0. The lowest BCUT2D eigenvalue weighted by molar-refractivity contribution is 0.237. The molecule has 0 spiro atoms. The highest BCUT2D eigenvalue weighted by molar-refractivity contribution is 7.91. The number of hydrogen-bond acceptors (Lipinski definition) is 4. The first-order valence-corrected chi connectivity index (χ1v) is 9.32. The van der Waals surface area contributed by atoms with Gasteiger partial charge in [0, 0.05) is 0 Å². The van der Waals surface area contributed by atoms with E-state index in [1.807, 2.05) is 10.9 Å². The Labute approximate surface area is 120 Å². The van der Waals surface area contributed by atoms with Crippen LogP contribution in [0, 0.1) is 5.92 Å². The van der Waals surface area contributed by atoms with Crippen LogP contribution in [0.2, 0.25) is 0 Å². The summed E-state index contributed by atoms with van der Waals surface area (Å²) in [7, 11) is -2.78. The molecule has 0 N–H and O–H groups in total. The Morgan fingerprint density at radius 2 is 1.90 bits per heavy atom. The van der Waals surface area contributed by atoms with Crippen LogP contribution < -0.4 is 4.74 Å². The molecule has 3 rings (SSSR count). The smallest absolute Gasteiger partial charge is 0.157 e. The molecule has 0 bridgehead atoms. The van der Waals surface area contributed by atoms with Crippen LogP contribution in [0.1, 0.15) is 44.6 Å². The minimum atomic E-state index is -2.78. The van der Waals surface area contributed by atoms with E-state index in [1.165, 1.54) is 25.7 Å². The van der Waals surface area contributed by atoms with Gasteiger partial charge in [-0.25, -0.2) is 8.42 Å². The fourth-order valence-corrected chi connectivity index (χ4v) is 4.67. The van der Waals surface area contributed by atoms with Gasteiger partial charge in [-0.2, -0.15) is 5.10 Å². The van der Waals surface area contributed by atoms with Gasteiger partial charge >= 0.3 is 0 Å². The standard InChI is InChI=1S/C14H22N2O3S/c17-20(18)7-5-12(6-8-20)11-19-14-9-15-16(10-14)13-3-1-2-4-13/h9-10,12-13H,1-8,11H2. The predicted octanol–water partition coefficient (Wildman–Crippen LogP) is 2.20. The van der Waals surface area contributed by atoms with Crippen molar-refractivity contribution in [1.82, 2.24) is 9.78 Å². The van der Waals surface area contributed by atoms with Gasteiger partial charge in [-0.1, -0.05) is 12.8 Å². The van der Waals surface area contributed by atoms with E-state index in [-0.39, 0.29) is 0 Å². The lowest BCUT2D eigenvalue weighted by Gasteiger charge is -2.21. The second-order valence-electron chi connectivity index (χ2n) is 6.00. The highest BCUT2D eigenvalue weighted by Gasteiger charge is 2.24. The van der Waals surface area contributed by atoms with E-state index >= 15 is 0 Å². The molecule has 20 heavy (non-hydrogen) atoms. The Bertz CT molecular complexity index is 533. The summed E-state index contributed by atoms with van der Waals surface area (Å²) < 4.78 is 30.5. The number of sulfone groups is 1. The zero-order valence-corrected chi connectivity index (χ0v) is 12.5. The van der Waals surface area contributed by atoms with Crippen molar-refractivity contribution < 1.29 is 13.2 Å². The zero-order chi connectivity index (χ0) is 14.0. The van der Waals surface area contributed by atoms with E-state index in [2.05, 4.69) is 5.10 Å². The molecule has 1 aliphatic heterocycles. The second kappa shape index (κ2) is 5.76. The first kappa shape index (κ1) is 13.9. The van der Waals surface area contributed by atoms with Gasteiger partial charge in [-0.3, -0.25) is 4.68 Å². The van der Waals surface area contributed by atoms with Gasteiger partial charge in [0.15, 0.2) is 5.75 Å². The largest absolute Gasteiger partial charge is 0.490 e. The lowest BCUT2D eigenvalue weighted by atomic mass is 10.0. The number of ether oxygens (including phenoxy) is 1. The molecule has 112 valence electrons. The Kier molecular flexibility index (Phi) is 4.01. The van der Waals surface area contributed by atoms with Crippen molar-refractivity contribution in [2.45, 2.75) is 44.6 Å². The SMILES string of the molecule is O=S1(=O)CCC(COc2cnn(C3CCCC3)c2)CC1. The first-order valence-electron chi connectivity index (χ1n) is 7.50. The molecule has 2 fully saturated rings. The molecule has 2 heterocycles. The minimum absolute atomic E-state index is 0.308. The molecule has 5 nitrogen and oxygen atoms in total. The van der Waals surface area contributed by atoms with Crippen LogP contribution in [-0.2, 0) is 9.84 Å². The molecule has 0 atom stereocenters. The van der Waals surface area contributed by atoms with E-state index in [0.717, 1.165) is 18.6 Å². The van der Waals surface area contributed by atoms with Crippen molar-refractivity contribution in [2.75, 3.05) is 18.1 Å². The van der Waals surface area contributed by atoms with Gasteiger partial charge in [-0.05, 0) is 31.6 Å². The second-order valence-corrected chi connectivity index (χ2v) is 8.30. The number of nitrogens with zero attached hydrogens (tertiary/aromatic N) is 2. The molecule has 0 unspecified atom stereocenters. The van der Waals surface area contributed by atoms with Crippen molar-refractivity contribution in [3.05, 3.63) is 12.4 Å². The van der Waals surface area contributed by atoms with Crippen LogP contribution >= 0.6 is 0 Å². The van der Waals surface area contributed by atoms with Crippen molar-refractivity contribution in [1.29, 1.82) is 0 Å². The molecule has 6 heteroatoms. The summed E-state index contributed by atoms with van der Waals surface area (Å²) in [6.07, 6.45) is 10.2. The average molecular weight is 298 g/mol. The topological polar surface area (TPSA) is 61.2 Å². The Morgan fingerprint density at radius 1 is 1.20 bits per heavy atom. The summed E-state index contributed by atoms with van der Waals surface area (Å²) in [5.74, 6) is 1.78. The number of rotatable bonds is 4. The van der Waals surface area contributed by atoms with Crippen LogP contribution in [0.3, 0.4) is 0 Å². The molecule has 0 aromatic carbocycles. The molecule has 0 amide bonds. The quantitative estimate of drug-likeness (QED) is 0.855. The van der Waals surface area contributed by atoms with Gasteiger partial charge in [0.1, 0.15) is 9.84 Å². The zero-order valence-electron chi connectivity index (χ0n) is 11.7. The fraction of sp³-hybridized carbons (Fsp3) is 0.786. The predicted molar refractivity (Wildman–Crippen MR) is 76.6 cm³/mol. The fourth-order valence-electron chi connectivity index (χ4n) is 3.08. The van der Waals surface area contributed by atoms with E-state index in [0.29, 0.717) is 30.1 Å². The minimum Gasteiger partial charge on any atom is -0.490 e. The summed E-state index contributed by atoms with van der Waals surface area (Å²) in [5, 5.41) is 4.38. The monoisotopic (exact) mass is 298 g/mol. The van der Waals surface area contributed by atoms with Crippen LogP contribution in [-0.4, -0.2) is 36.3 Å². The summed E-state index contributed by atoms with van der Waals surface area (Å²) in [5.41, 5.74) is 0. The normalized spacial score (nSPS) is 24.0. The third kappa shape index (κ3) is 3.34. The maximum atomic E-state index is 11.4. The molecule has 2 aliphatic rings. The first-order chi connectivity index (χ1) is 9.62. The lowest BCUT2D eigenvalue weighted by Crippen LogP contribution is -2.26. The third-order valence-electron chi connectivity index (χ3n) is 4.44. The van der Waals surface area contributed by atoms with Gasteiger partial charge in [-0.15, -0.1) is 0 Å². The maximum Gasteiger partial charge on any atom is 0.157 e. The van der Waals surface area contributed by atoms with Crippen molar-refractivity contribution >= 4 is 9.84 Å². The molecule has 1 aromatic heterocycles. The van der Waals surface area contributed by atoms with Gasteiger partial charge in [0.25, 0.3) is 0 Å². The van der Waals surface area contributed by atoms with E-state index in [9.17, 15) is 8.42 Å². The molecule has 1 saturated carbocycles. The van der Waals surface area contributed by atoms with Gasteiger partial charge in [0.05, 0.1) is 36.5 Å². The number of aromatic nitrogens is 2. The van der Waals surface area contributed by atoms with E-state index in [1.54, 1.807) is 6.20 Å². The Morgan fingerprint density at radius 3 is 2.60 bits per heavy atom. The molecule has 1 aromatic rings. The van der Waals surface area contributed by atoms with E-state index in [4.69, 9.17) is 4.74 Å². The summed E-state index contributed by atoms with van der Waals surface area (Å²) in [6.45, 7) is 0.603. The molecule has 1 aliphatic carbocycles. The molecular formula is C14H22N2O3S. The van der Waals surface area contributed by atoms with Crippen molar-refractivity contribution in [3.8, 4) is 5.75 Å². The summed E-state index contributed by atoms with van der Waals surface area (Å²) >= 11 is 0. The highest BCUT2D eigenvalue weighted by atomic mass is 32.2.